The minimum Gasteiger partial charge on any atom is -0.389 e. The van der Waals surface area contributed by atoms with E-state index in [-0.39, 0.29) is 6.61 Å². The van der Waals surface area contributed by atoms with E-state index in [2.05, 4.69) is 10.3 Å². The van der Waals surface area contributed by atoms with Gasteiger partial charge in [-0.1, -0.05) is 0 Å². The molecule has 0 spiro atoms. The molecule has 0 atom stereocenters. The second-order valence-electron chi connectivity index (χ2n) is 2.90. The summed E-state index contributed by atoms with van der Waals surface area (Å²) < 4.78 is 5.01. The molecule has 2 rings (SSSR count). The smallest absolute Gasteiger partial charge is 0.118 e. The number of hydrogen-bond acceptors (Lipinski definition) is 5. The van der Waals surface area contributed by atoms with Crippen molar-refractivity contribution in [2.24, 2.45) is 0 Å². The summed E-state index contributed by atoms with van der Waals surface area (Å²) in [6.45, 7) is 5.81. The molecule has 0 aliphatic carbocycles. The second-order valence-corrected chi connectivity index (χ2v) is 3.85. The van der Waals surface area contributed by atoms with Crippen LogP contribution in [0.3, 0.4) is 0 Å². The zero-order valence-corrected chi connectivity index (χ0v) is 9.14. The standard InChI is InChI=1S/C5H7NOS.C4H9NO/c1-4-3-8-5(2-7)6-4;1-3-6-4-2-5-1/h3,7H,2H2,1H3;5H,1-4H2. The van der Waals surface area contributed by atoms with Crippen LogP contribution in [0.4, 0.5) is 0 Å². The van der Waals surface area contributed by atoms with Crippen molar-refractivity contribution < 1.29 is 9.84 Å². The molecule has 80 valence electrons. The Morgan fingerprint density at radius 3 is 2.50 bits per heavy atom. The summed E-state index contributed by atoms with van der Waals surface area (Å²) in [4.78, 5) is 4.00. The van der Waals surface area contributed by atoms with Gasteiger partial charge in [0.2, 0.25) is 0 Å². The third-order valence-electron chi connectivity index (χ3n) is 1.65. The maximum absolute atomic E-state index is 8.50. The molecule has 0 saturated carbocycles. The first-order chi connectivity index (χ1) is 6.83. The molecule has 1 aliphatic heterocycles. The highest BCUT2D eigenvalue weighted by Gasteiger charge is 1.93. The Labute approximate surface area is 87.9 Å². The predicted octanol–water partition coefficient (Wildman–Crippen LogP) is 0.550. The topological polar surface area (TPSA) is 54.4 Å². The maximum atomic E-state index is 8.50. The summed E-state index contributed by atoms with van der Waals surface area (Å²) in [5.41, 5.74) is 0.985. The number of thiazole rings is 1. The fraction of sp³-hybridized carbons (Fsp3) is 0.667. The highest BCUT2D eigenvalue weighted by Crippen LogP contribution is 2.06. The molecule has 14 heavy (non-hydrogen) atoms. The van der Waals surface area contributed by atoms with E-state index in [1.54, 1.807) is 0 Å². The molecular weight excluding hydrogens is 200 g/mol. The second kappa shape index (κ2) is 6.89. The number of aryl methyl sites for hydroxylation is 1. The normalized spacial score (nSPS) is 15.9. The van der Waals surface area contributed by atoms with Gasteiger partial charge in [-0.05, 0) is 6.92 Å². The first kappa shape index (κ1) is 11.6. The predicted molar refractivity (Wildman–Crippen MR) is 56.5 cm³/mol. The molecule has 2 N–H and O–H groups in total. The van der Waals surface area contributed by atoms with Gasteiger partial charge in [-0.2, -0.15) is 0 Å². The third kappa shape index (κ3) is 4.66. The zero-order chi connectivity index (χ0) is 10.2. The third-order valence-corrected chi connectivity index (χ3v) is 2.60. The summed E-state index contributed by atoms with van der Waals surface area (Å²) in [5.74, 6) is 0. The van der Waals surface area contributed by atoms with Gasteiger partial charge in [0, 0.05) is 24.2 Å². The van der Waals surface area contributed by atoms with E-state index in [9.17, 15) is 0 Å². The van der Waals surface area contributed by atoms with E-state index in [0.29, 0.717) is 0 Å². The molecule has 5 heteroatoms. The highest BCUT2D eigenvalue weighted by molar-refractivity contribution is 7.09. The van der Waals surface area contributed by atoms with Gasteiger partial charge in [0.15, 0.2) is 0 Å². The van der Waals surface area contributed by atoms with Crippen LogP contribution >= 0.6 is 11.3 Å². The summed E-state index contributed by atoms with van der Waals surface area (Å²) in [7, 11) is 0. The fourth-order valence-electron chi connectivity index (χ4n) is 0.991. The van der Waals surface area contributed by atoms with Crippen LogP contribution in [0.5, 0.6) is 0 Å². The van der Waals surface area contributed by atoms with Crippen molar-refractivity contribution in [3.63, 3.8) is 0 Å². The number of ether oxygens (including phenoxy) is 1. The summed E-state index contributed by atoms with van der Waals surface area (Å²) in [6.07, 6.45) is 0. The average Bonchev–Trinajstić information content (AvgIpc) is 2.68. The molecule has 0 unspecified atom stereocenters. The van der Waals surface area contributed by atoms with Gasteiger partial charge in [0.25, 0.3) is 0 Å². The van der Waals surface area contributed by atoms with E-state index in [0.717, 1.165) is 37.0 Å². The zero-order valence-electron chi connectivity index (χ0n) is 8.32. The lowest BCUT2D eigenvalue weighted by molar-refractivity contribution is 0.109. The molecule has 1 aliphatic rings. The Morgan fingerprint density at radius 1 is 1.57 bits per heavy atom. The lowest BCUT2D eigenvalue weighted by Crippen LogP contribution is -2.30. The molecular formula is C9H16N2O2S. The SMILES string of the molecule is C1COCCN1.Cc1csc(CO)n1. The van der Waals surface area contributed by atoms with E-state index >= 15 is 0 Å². The number of aliphatic hydroxyl groups excluding tert-OH is 1. The van der Waals surface area contributed by atoms with Gasteiger partial charge in [-0.25, -0.2) is 4.98 Å². The van der Waals surface area contributed by atoms with Gasteiger partial charge in [-0.15, -0.1) is 11.3 Å². The number of rotatable bonds is 1. The van der Waals surface area contributed by atoms with Crippen molar-refractivity contribution in [3.05, 3.63) is 16.1 Å². The van der Waals surface area contributed by atoms with Crippen LogP contribution in [0.25, 0.3) is 0 Å². The highest BCUT2D eigenvalue weighted by atomic mass is 32.1. The number of aliphatic hydroxyl groups is 1. The lowest BCUT2D eigenvalue weighted by Gasteiger charge is -2.10. The first-order valence-corrected chi connectivity index (χ1v) is 5.51. The summed E-state index contributed by atoms with van der Waals surface area (Å²) in [5, 5.41) is 14.4. The summed E-state index contributed by atoms with van der Waals surface area (Å²) >= 11 is 1.49. The molecule has 0 amide bonds. The number of morpholine rings is 1. The van der Waals surface area contributed by atoms with Crippen LogP contribution in [0.2, 0.25) is 0 Å². The molecule has 1 aromatic rings. The van der Waals surface area contributed by atoms with Gasteiger partial charge < -0.3 is 15.2 Å². The van der Waals surface area contributed by atoms with Crippen LogP contribution in [-0.4, -0.2) is 36.4 Å². The van der Waals surface area contributed by atoms with Crippen molar-refractivity contribution in [2.75, 3.05) is 26.3 Å². The molecule has 1 fully saturated rings. The summed E-state index contributed by atoms with van der Waals surface area (Å²) in [6, 6.07) is 0. The Kier molecular flexibility index (Phi) is 5.70. The van der Waals surface area contributed by atoms with Crippen LogP contribution < -0.4 is 5.32 Å². The van der Waals surface area contributed by atoms with Gasteiger partial charge >= 0.3 is 0 Å². The van der Waals surface area contributed by atoms with Crippen molar-refractivity contribution in [2.45, 2.75) is 13.5 Å². The fourth-order valence-corrected chi connectivity index (χ4v) is 1.62. The Bertz CT molecular complexity index is 237. The first-order valence-electron chi connectivity index (χ1n) is 4.63. The van der Waals surface area contributed by atoms with Crippen molar-refractivity contribution in [1.82, 2.24) is 10.3 Å². The maximum Gasteiger partial charge on any atom is 0.118 e. The average molecular weight is 216 g/mol. The van der Waals surface area contributed by atoms with E-state index in [4.69, 9.17) is 9.84 Å². The van der Waals surface area contributed by atoms with Crippen molar-refractivity contribution in [1.29, 1.82) is 0 Å². The minimum atomic E-state index is 0.0680. The number of aromatic nitrogens is 1. The molecule has 1 saturated heterocycles. The number of nitrogens with one attached hydrogen (secondary N) is 1. The minimum absolute atomic E-state index is 0.0680. The van der Waals surface area contributed by atoms with Crippen LogP contribution in [-0.2, 0) is 11.3 Å². The Hall–Kier alpha value is -0.490. The molecule has 0 radical (unpaired) electrons. The quantitative estimate of drug-likeness (QED) is 0.720. The van der Waals surface area contributed by atoms with Gasteiger partial charge in [0.1, 0.15) is 5.01 Å². The van der Waals surface area contributed by atoms with Crippen LogP contribution in [0, 0.1) is 6.92 Å². The molecule has 2 heterocycles. The van der Waals surface area contributed by atoms with E-state index < -0.39 is 0 Å². The largest absolute Gasteiger partial charge is 0.389 e. The molecule has 4 nitrogen and oxygen atoms in total. The number of hydrogen-bond donors (Lipinski definition) is 2. The Morgan fingerprint density at radius 2 is 2.29 bits per heavy atom. The monoisotopic (exact) mass is 216 g/mol. The van der Waals surface area contributed by atoms with Crippen LogP contribution in [0.15, 0.2) is 5.38 Å². The van der Waals surface area contributed by atoms with E-state index in [1.165, 1.54) is 11.3 Å². The molecule has 0 bridgehead atoms. The van der Waals surface area contributed by atoms with Crippen LogP contribution in [0.1, 0.15) is 10.7 Å². The molecule has 1 aromatic heterocycles. The lowest BCUT2D eigenvalue weighted by atomic mass is 10.5. The molecule has 0 aromatic carbocycles. The number of nitrogens with zero attached hydrogens (tertiary/aromatic N) is 1. The van der Waals surface area contributed by atoms with Gasteiger partial charge in [-0.3, -0.25) is 0 Å². The van der Waals surface area contributed by atoms with Crippen molar-refractivity contribution >= 4 is 11.3 Å². The Balaban J connectivity index is 0.000000146. The van der Waals surface area contributed by atoms with Crippen molar-refractivity contribution in [3.8, 4) is 0 Å². The van der Waals surface area contributed by atoms with E-state index in [1.807, 2.05) is 12.3 Å². The van der Waals surface area contributed by atoms with Gasteiger partial charge in [0.05, 0.1) is 19.8 Å².